The average molecular weight is 296 g/mol. The molecule has 7 nitrogen and oxygen atoms in total. The van der Waals surface area contributed by atoms with E-state index in [4.69, 9.17) is 11.6 Å². The van der Waals surface area contributed by atoms with Crippen LogP contribution in [0.2, 0.25) is 5.02 Å². The number of amides is 1. The highest BCUT2D eigenvalue weighted by Gasteiger charge is 2.20. The first-order valence-electron chi connectivity index (χ1n) is 5.50. The fraction of sp³-hybridized carbons (Fsp3) is 0.0833. The Morgan fingerprint density at radius 1 is 1.40 bits per heavy atom. The summed E-state index contributed by atoms with van der Waals surface area (Å²) in [6.45, 7) is 0. The Balaban J connectivity index is 2.24. The second-order valence-corrected chi connectivity index (χ2v) is 4.42. The lowest BCUT2D eigenvalue weighted by atomic mass is 10.3. The van der Waals surface area contributed by atoms with Crippen molar-refractivity contribution in [2.24, 2.45) is 7.05 Å². The molecule has 0 saturated carbocycles. The van der Waals surface area contributed by atoms with E-state index >= 15 is 0 Å². The number of hydrogen-bond acceptors (Lipinski definition) is 4. The maximum atomic E-state index is 12.0. The van der Waals surface area contributed by atoms with E-state index in [1.54, 1.807) is 0 Å². The predicted octanol–water partition coefficient (Wildman–Crippen LogP) is 2.54. The van der Waals surface area contributed by atoms with Gasteiger partial charge in [0.15, 0.2) is 5.69 Å². The number of rotatable bonds is 3. The average Bonchev–Trinajstić information content (AvgIpc) is 2.76. The first-order chi connectivity index (χ1) is 9.40. The molecule has 0 bridgehead atoms. The molecule has 1 aromatic heterocycles. The van der Waals surface area contributed by atoms with E-state index in [2.05, 4.69) is 5.32 Å². The summed E-state index contributed by atoms with van der Waals surface area (Å²) in [7, 11) is 1.43. The Labute approximate surface area is 118 Å². The van der Waals surface area contributed by atoms with Crippen molar-refractivity contribution >= 4 is 29.0 Å². The minimum absolute atomic E-state index is 0.0978. The number of phenols is 1. The number of halogens is 1. The van der Waals surface area contributed by atoms with Gasteiger partial charge in [-0.2, -0.15) is 0 Å². The van der Waals surface area contributed by atoms with Gasteiger partial charge in [-0.3, -0.25) is 4.79 Å². The summed E-state index contributed by atoms with van der Waals surface area (Å²) in [5.41, 5.74) is 0.516. The van der Waals surface area contributed by atoms with Crippen LogP contribution >= 0.6 is 11.6 Å². The van der Waals surface area contributed by atoms with E-state index in [0.717, 1.165) is 0 Å². The number of carbonyl (C=O) groups is 1. The zero-order chi connectivity index (χ0) is 14.9. The van der Waals surface area contributed by atoms with Crippen LogP contribution in [0.3, 0.4) is 0 Å². The molecule has 8 heteroatoms. The quantitative estimate of drug-likeness (QED) is 0.516. The molecular formula is C12H10ClN3O4. The third-order valence-electron chi connectivity index (χ3n) is 2.72. The molecule has 1 amide bonds. The van der Waals surface area contributed by atoms with E-state index in [1.165, 1.54) is 41.9 Å². The van der Waals surface area contributed by atoms with Gasteiger partial charge >= 0.3 is 5.82 Å². The van der Waals surface area contributed by atoms with Crippen molar-refractivity contribution in [2.45, 2.75) is 0 Å². The van der Waals surface area contributed by atoms with Gasteiger partial charge in [0.25, 0.3) is 5.91 Å². The highest BCUT2D eigenvalue weighted by molar-refractivity contribution is 6.32. The number of aromatic nitrogens is 1. The molecule has 0 radical (unpaired) electrons. The molecule has 0 aliphatic carbocycles. The molecular weight excluding hydrogens is 286 g/mol. The maximum absolute atomic E-state index is 12.0. The van der Waals surface area contributed by atoms with Crippen molar-refractivity contribution in [3.8, 4) is 5.75 Å². The summed E-state index contributed by atoms with van der Waals surface area (Å²) in [4.78, 5) is 22.1. The summed E-state index contributed by atoms with van der Waals surface area (Å²) < 4.78 is 1.18. The first kappa shape index (κ1) is 13.9. The minimum atomic E-state index is -0.575. The number of aromatic hydroxyl groups is 1. The number of carbonyl (C=O) groups excluding carboxylic acids is 1. The normalized spacial score (nSPS) is 10.3. The molecule has 2 rings (SSSR count). The third-order valence-corrected chi connectivity index (χ3v) is 3.02. The van der Waals surface area contributed by atoms with Crippen LogP contribution < -0.4 is 5.32 Å². The lowest BCUT2D eigenvalue weighted by molar-refractivity contribution is -0.391. The van der Waals surface area contributed by atoms with Crippen LogP contribution in [-0.4, -0.2) is 20.5 Å². The lowest BCUT2D eigenvalue weighted by Gasteiger charge is -2.05. The summed E-state index contributed by atoms with van der Waals surface area (Å²) in [5.74, 6) is -0.791. The van der Waals surface area contributed by atoms with Crippen LogP contribution in [0.1, 0.15) is 10.5 Å². The van der Waals surface area contributed by atoms with Gasteiger partial charge in [0.05, 0.1) is 12.1 Å². The molecule has 0 aliphatic heterocycles. The summed E-state index contributed by atoms with van der Waals surface area (Å²) in [6.07, 6.45) is 0. The van der Waals surface area contributed by atoms with Crippen LogP contribution in [0.4, 0.5) is 11.5 Å². The summed E-state index contributed by atoms with van der Waals surface area (Å²) >= 11 is 5.72. The Morgan fingerprint density at radius 3 is 2.65 bits per heavy atom. The van der Waals surface area contributed by atoms with Gasteiger partial charge < -0.3 is 20.5 Å². The fourth-order valence-corrected chi connectivity index (χ4v) is 1.87. The van der Waals surface area contributed by atoms with Crippen molar-refractivity contribution in [3.05, 3.63) is 51.2 Å². The number of nitrogens with zero attached hydrogens (tertiary/aromatic N) is 2. The largest absolute Gasteiger partial charge is 0.506 e. The highest BCUT2D eigenvalue weighted by Crippen LogP contribution is 2.26. The molecule has 20 heavy (non-hydrogen) atoms. The SMILES string of the molecule is Cn1c(C(=O)Nc2ccc(O)c(Cl)c2)ccc1[N+](=O)[O-]. The van der Waals surface area contributed by atoms with Crippen molar-refractivity contribution in [1.82, 2.24) is 4.57 Å². The number of phenolic OH excluding ortho intramolecular Hbond substituents is 1. The molecule has 0 aliphatic rings. The van der Waals surface area contributed by atoms with Crippen LogP contribution in [0, 0.1) is 10.1 Å². The summed E-state index contributed by atoms with van der Waals surface area (Å²) in [6, 6.07) is 6.79. The molecule has 2 aromatic rings. The van der Waals surface area contributed by atoms with Crippen molar-refractivity contribution in [1.29, 1.82) is 0 Å². The molecule has 2 N–H and O–H groups in total. The number of nitro groups is 1. The van der Waals surface area contributed by atoms with Crippen molar-refractivity contribution in [3.63, 3.8) is 0 Å². The predicted molar refractivity (Wildman–Crippen MR) is 73.1 cm³/mol. The zero-order valence-corrected chi connectivity index (χ0v) is 11.1. The molecule has 1 heterocycles. The molecule has 0 atom stereocenters. The number of hydrogen-bond donors (Lipinski definition) is 2. The lowest BCUT2D eigenvalue weighted by Crippen LogP contribution is -2.16. The number of benzene rings is 1. The molecule has 0 fully saturated rings. The number of nitrogens with one attached hydrogen (secondary N) is 1. The van der Waals surface area contributed by atoms with Crippen LogP contribution in [0.25, 0.3) is 0 Å². The van der Waals surface area contributed by atoms with Crippen molar-refractivity contribution < 1.29 is 14.8 Å². The smallest absolute Gasteiger partial charge is 0.323 e. The zero-order valence-electron chi connectivity index (χ0n) is 10.3. The van der Waals surface area contributed by atoms with Crippen LogP contribution in [0.5, 0.6) is 5.75 Å². The van der Waals surface area contributed by atoms with Gasteiger partial charge in [0, 0.05) is 11.8 Å². The molecule has 1 aromatic carbocycles. The third kappa shape index (κ3) is 2.57. The minimum Gasteiger partial charge on any atom is -0.506 e. The maximum Gasteiger partial charge on any atom is 0.323 e. The summed E-state index contributed by atoms with van der Waals surface area (Å²) in [5, 5.41) is 22.6. The van der Waals surface area contributed by atoms with Crippen LogP contribution in [0.15, 0.2) is 30.3 Å². The van der Waals surface area contributed by atoms with Gasteiger partial charge in [-0.05, 0) is 29.2 Å². The standard InChI is InChI=1S/C12H10ClN3O4/c1-15-9(3-5-11(15)16(19)20)12(18)14-7-2-4-10(17)8(13)6-7/h2-6,17H,1H3,(H,14,18). The molecule has 0 unspecified atom stereocenters. The van der Waals surface area contributed by atoms with Gasteiger partial charge in [0.2, 0.25) is 0 Å². The van der Waals surface area contributed by atoms with E-state index in [9.17, 15) is 20.0 Å². The second kappa shape index (κ2) is 5.22. The molecule has 0 spiro atoms. The Kier molecular flexibility index (Phi) is 3.62. The van der Waals surface area contributed by atoms with E-state index < -0.39 is 10.8 Å². The van der Waals surface area contributed by atoms with Gasteiger partial charge in [0.1, 0.15) is 5.75 Å². The Bertz CT molecular complexity index is 696. The topological polar surface area (TPSA) is 97.4 Å². The van der Waals surface area contributed by atoms with Gasteiger partial charge in [-0.1, -0.05) is 11.6 Å². The Morgan fingerprint density at radius 2 is 2.10 bits per heavy atom. The highest BCUT2D eigenvalue weighted by atomic mass is 35.5. The van der Waals surface area contributed by atoms with E-state index in [1.807, 2.05) is 0 Å². The van der Waals surface area contributed by atoms with E-state index in [-0.39, 0.29) is 22.3 Å². The van der Waals surface area contributed by atoms with Gasteiger partial charge in [-0.25, -0.2) is 4.57 Å². The first-order valence-corrected chi connectivity index (χ1v) is 5.88. The fourth-order valence-electron chi connectivity index (χ4n) is 1.69. The monoisotopic (exact) mass is 295 g/mol. The molecule has 104 valence electrons. The second-order valence-electron chi connectivity index (χ2n) is 4.01. The van der Waals surface area contributed by atoms with Gasteiger partial charge in [-0.15, -0.1) is 0 Å². The Hall–Kier alpha value is -2.54. The van der Waals surface area contributed by atoms with Crippen molar-refractivity contribution in [2.75, 3.05) is 5.32 Å². The molecule has 0 saturated heterocycles. The number of anilines is 1. The van der Waals surface area contributed by atoms with E-state index in [0.29, 0.717) is 5.69 Å². The van der Waals surface area contributed by atoms with Crippen LogP contribution in [-0.2, 0) is 7.05 Å².